The van der Waals surface area contributed by atoms with E-state index in [1.807, 2.05) is 30.3 Å². The first-order valence-corrected chi connectivity index (χ1v) is 11.6. The Kier molecular flexibility index (Phi) is 5.53. The van der Waals surface area contributed by atoms with E-state index >= 15 is 0 Å². The van der Waals surface area contributed by atoms with Crippen molar-refractivity contribution in [2.24, 2.45) is 16.3 Å². The van der Waals surface area contributed by atoms with Gasteiger partial charge in [0.2, 0.25) is 11.9 Å². The smallest absolute Gasteiger partial charge is 0.239 e. The number of benzene rings is 2. The van der Waals surface area contributed by atoms with Gasteiger partial charge in [-0.1, -0.05) is 61.7 Å². The van der Waals surface area contributed by atoms with Gasteiger partial charge >= 0.3 is 0 Å². The molecule has 0 radical (unpaired) electrons. The van der Waals surface area contributed by atoms with Crippen molar-refractivity contribution >= 4 is 17.6 Å². The van der Waals surface area contributed by atoms with Gasteiger partial charge in [0.05, 0.1) is 17.6 Å². The average Bonchev–Trinajstić information content (AvgIpc) is 2.80. The zero-order valence-corrected chi connectivity index (χ0v) is 18.0. The van der Waals surface area contributed by atoms with E-state index in [2.05, 4.69) is 29.6 Å². The number of nitrogens with zero attached hydrogens (tertiary/aromatic N) is 2. The van der Waals surface area contributed by atoms with Crippen molar-refractivity contribution < 1.29 is 9.90 Å². The first kappa shape index (κ1) is 20.3. The molecule has 0 bridgehead atoms. The molecule has 5 rings (SSSR count). The molecule has 162 valence electrons. The van der Waals surface area contributed by atoms with Crippen LogP contribution in [0.5, 0.6) is 0 Å². The fourth-order valence-corrected chi connectivity index (χ4v) is 5.98. The molecule has 2 atom stereocenters. The summed E-state index contributed by atoms with van der Waals surface area (Å²) in [5, 5.41) is 12.9. The van der Waals surface area contributed by atoms with Crippen LogP contribution in [0.3, 0.4) is 0 Å². The Hall–Kier alpha value is -2.66. The number of carbonyl (C=O) groups excluding carboxylic acids is 1. The zero-order chi connectivity index (χ0) is 21.3. The van der Waals surface area contributed by atoms with Gasteiger partial charge in [0, 0.05) is 13.2 Å². The number of guanidine groups is 1. The first-order chi connectivity index (χ1) is 15.2. The zero-order valence-electron chi connectivity index (χ0n) is 18.0. The number of amides is 1. The van der Waals surface area contributed by atoms with Gasteiger partial charge in [0.1, 0.15) is 0 Å². The van der Waals surface area contributed by atoms with Crippen LogP contribution in [0.25, 0.3) is 0 Å². The lowest BCUT2D eigenvalue weighted by atomic mass is 9.55. The average molecular weight is 418 g/mol. The number of hydrogen-bond acceptors (Lipinski definition) is 3. The molecule has 2 aliphatic carbocycles. The lowest BCUT2D eigenvalue weighted by Gasteiger charge is -2.54. The van der Waals surface area contributed by atoms with E-state index in [1.165, 1.54) is 30.4 Å². The number of aliphatic hydroxyl groups excluding tert-OH is 1. The Bertz CT molecular complexity index is 966. The van der Waals surface area contributed by atoms with Gasteiger partial charge in [-0.15, -0.1) is 0 Å². The van der Waals surface area contributed by atoms with Gasteiger partial charge in [0.15, 0.2) is 0 Å². The minimum absolute atomic E-state index is 0.00497. The molecule has 1 amide bonds. The van der Waals surface area contributed by atoms with Crippen molar-refractivity contribution in [3.8, 4) is 0 Å². The summed E-state index contributed by atoms with van der Waals surface area (Å²) < 4.78 is 0. The van der Waals surface area contributed by atoms with Crippen LogP contribution in [0.15, 0.2) is 59.6 Å². The van der Waals surface area contributed by atoms with Crippen molar-refractivity contribution in [3.63, 3.8) is 0 Å². The van der Waals surface area contributed by atoms with Crippen molar-refractivity contribution in [1.29, 1.82) is 0 Å². The molecule has 1 aliphatic heterocycles. The number of carbonyl (C=O) groups is 1. The fourth-order valence-electron chi connectivity index (χ4n) is 5.98. The van der Waals surface area contributed by atoms with Crippen molar-refractivity contribution in [2.45, 2.75) is 51.0 Å². The molecule has 0 aromatic heterocycles. The molecule has 2 fully saturated rings. The summed E-state index contributed by atoms with van der Waals surface area (Å²) in [5.74, 6) is 0.669. The lowest BCUT2D eigenvalue weighted by Crippen LogP contribution is -2.63. The third-order valence-electron chi connectivity index (χ3n) is 7.35. The van der Waals surface area contributed by atoms with E-state index in [0.29, 0.717) is 18.9 Å². The second-order valence-corrected chi connectivity index (χ2v) is 9.19. The minimum Gasteiger partial charge on any atom is -0.396 e. The molecule has 1 heterocycles. The second kappa shape index (κ2) is 8.46. The maximum Gasteiger partial charge on any atom is 0.239 e. The van der Waals surface area contributed by atoms with Crippen molar-refractivity contribution in [1.82, 2.24) is 5.32 Å². The number of para-hydroxylation sites is 1. The number of anilines is 1. The normalized spacial score (nSPS) is 25.8. The highest BCUT2D eigenvalue weighted by Gasteiger charge is 2.55. The Morgan fingerprint density at radius 2 is 1.77 bits per heavy atom. The summed E-state index contributed by atoms with van der Waals surface area (Å²) in [6, 6.07) is 18.4. The predicted octanol–water partition coefficient (Wildman–Crippen LogP) is 4.23. The van der Waals surface area contributed by atoms with E-state index in [4.69, 9.17) is 4.99 Å². The van der Waals surface area contributed by atoms with Crippen LogP contribution in [0, 0.1) is 11.3 Å². The maximum absolute atomic E-state index is 14.2. The summed E-state index contributed by atoms with van der Waals surface area (Å²) in [5.41, 5.74) is 3.46. The summed E-state index contributed by atoms with van der Waals surface area (Å²) in [7, 11) is 0. The van der Waals surface area contributed by atoms with Gasteiger partial charge in [-0.2, -0.15) is 0 Å². The van der Waals surface area contributed by atoms with E-state index in [0.717, 1.165) is 24.9 Å². The number of fused-ring (bicyclic) bond motifs is 4. The van der Waals surface area contributed by atoms with E-state index in [-0.39, 0.29) is 29.9 Å². The van der Waals surface area contributed by atoms with E-state index < -0.39 is 0 Å². The first-order valence-electron chi connectivity index (χ1n) is 11.6. The fraction of sp³-hybridized carbons (Fsp3) is 0.462. The molecule has 31 heavy (non-hydrogen) atoms. The molecule has 2 aromatic carbocycles. The van der Waals surface area contributed by atoms with E-state index in [9.17, 15) is 9.90 Å². The van der Waals surface area contributed by atoms with E-state index in [1.54, 1.807) is 4.90 Å². The number of rotatable bonds is 4. The standard InChI is InChI=1S/C26H31N3O2/c30-17-9-16-27-25-28-23-21-13-6-5-10-19(21)18-26(14-7-2-8-15-26)22(23)24(31)29(25)20-11-3-1-4-12-20/h1,3-6,10-13,22-23,30H,2,7-9,14-18H2,(H,27,28). The molecular formula is C26H31N3O2. The molecule has 2 unspecified atom stereocenters. The molecule has 1 spiro atoms. The van der Waals surface area contributed by atoms with Crippen LogP contribution in [0.4, 0.5) is 5.69 Å². The Labute approximate surface area is 184 Å². The monoisotopic (exact) mass is 417 g/mol. The number of aliphatic imine (C=N–C) groups is 1. The second-order valence-electron chi connectivity index (χ2n) is 9.19. The molecule has 5 heteroatoms. The van der Waals surface area contributed by atoms with Gasteiger partial charge in [-0.25, -0.2) is 0 Å². The molecule has 2 aromatic rings. The van der Waals surface area contributed by atoms with Gasteiger partial charge in [0.25, 0.3) is 0 Å². The molecule has 3 aliphatic rings. The predicted molar refractivity (Wildman–Crippen MR) is 123 cm³/mol. The van der Waals surface area contributed by atoms with Crippen LogP contribution >= 0.6 is 0 Å². The molecule has 1 saturated carbocycles. The SMILES string of the molecule is O=C1C2C(NC(=NCCCO)N1c1ccccc1)c1ccccc1CC21CCCCC1. The topological polar surface area (TPSA) is 64.9 Å². The number of aliphatic hydroxyl groups is 1. The molecular weight excluding hydrogens is 386 g/mol. The van der Waals surface area contributed by atoms with Crippen LogP contribution in [0.1, 0.15) is 55.7 Å². The third-order valence-corrected chi connectivity index (χ3v) is 7.35. The van der Waals surface area contributed by atoms with Crippen LogP contribution in [0.2, 0.25) is 0 Å². The highest BCUT2D eigenvalue weighted by molar-refractivity contribution is 6.19. The minimum atomic E-state index is -0.0975. The van der Waals surface area contributed by atoms with Crippen molar-refractivity contribution in [2.75, 3.05) is 18.1 Å². The summed E-state index contributed by atoms with van der Waals surface area (Å²) in [6.07, 6.45) is 7.43. The van der Waals surface area contributed by atoms with Crippen LogP contribution < -0.4 is 10.2 Å². The highest BCUT2D eigenvalue weighted by atomic mass is 16.3. The largest absolute Gasteiger partial charge is 0.396 e. The Balaban J connectivity index is 1.62. The van der Waals surface area contributed by atoms with Gasteiger partial charge < -0.3 is 10.4 Å². The molecule has 5 nitrogen and oxygen atoms in total. The third kappa shape index (κ3) is 3.55. The van der Waals surface area contributed by atoms with Crippen LogP contribution in [-0.4, -0.2) is 30.1 Å². The summed E-state index contributed by atoms with van der Waals surface area (Å²) in [6.45, 7) is 0.577. The molecule has 2 N–H and O–H groups in total. The highest BCUT2D eigenvalue weighted by Crippen LogP contribution is 2.55. The summed E-state index contributed by atoms with van der Waals surface area (Å²) in [4.78, 5) is 20.8. The Morgan fingerprint density at radius 1 is 1.03 bits per heavy atom. The van der Waals surface area contributed by atoms with Gasteiger partial charge in [-0.3, -0.25) is 14.7 Å². The number of hydrogen-bond donors (Lipinski definition) is 2. The molecule has 1 saturated heterocycles. The Morgan fingerprint density at radius 3 is 2.55 bits per heavy atom. The van der Waals surface area contributed by atoms with Gasteiger partial charge in [-0.05, 0) is 54.4 Å². The number of nitrogens with one attached hydrogen (secondary N) is 1. The van der Waals surface area contributed by atoms with Crippen molar-refractivity contribution in [3.05, 3.63) is 65.7 Å². The quantitative estimate of drug-likeness (QED) is 0.732. The summed E-state index contributed by atoms with van der Waals surface area (Å²) >= 11 is 0. The maximum atomic E-state index is 14.2. The lowest BCUT2D eigenvalue weighted by molar-refractivity contribution is -0.130. The van der Waals surface area contributed by atoms with Crippen LogP contribution in [-0.2, 0) is 11.2 Å².